The number of halogens is 4. The van der Waals surface area contributed by atoms with E-state index in [1.165, 1.54) is 11.1 Å². The molecule has 2 aliphatic carbocycles. The molecule has 0 atom stereocenters. The average Bonchev–Trinajstić information content (AvgIpc) is 3.89. The number of nitrogens with zero attached hydrogens (tertiary/aromatic N) is 1. The Labute approximate surface area is 453 Å². The molecular weight excluding hydrogens is 1310 g/mol. The van der Waals surface area contributed by atoms with E-state index >= 15 is 0 Å². The fourth-order valence-corrected chi connectivity index (χ4v) is 2.29. The SMILES string of the molecule is C.C1=CCC=C1.C1=CCC=C1.CC.CC.CC.CC.CC.CC(I)(I)I.C[CH-]I.Cc1ccc(N)cc1.[CH2-]C(=O)Cc1ccc(C)cc1.[N-]=C=O.[V].[Y].[Y]. The molecule has 0 unspecified atom stereocenters. The number of isocyanates is 1. The second kappa shape index (κ2) is 82.7. The Kier molecular flexibility index (Phi) is 134. The summed E-state index contributed by atoms with van der Waals surface area (Å²) >= 11 is 9.22. The van der Waals surface area contributed by atoms with Crippen molar-refractivity contribution >= 4 is 108 Å². The molecule has 0 aliphatic heterocycles. The zero-order chi connectivity index (χ0) is 41.2. The van der Waals surface area contributed by atoms with Gasteiger partial charge < -0.3 is 45.5 Å². The van der Waals surface area contributed by atoms with Gasteiger partial charge in [-0.05, 0) is 57.4 Å². The van der Waals surface area contributed by atoms with E-state index in [1.807, 2.05) is 143 Å². The number of allylic oxidation sites excluding steroid dienone is 8. The standard InChI is InChI=1S/C10H11O.C7H9N.2C5H6.C2H3I3.C2H4I.5C2H6.CNO.CH4.V.2Y/c1-8-3-5-10(6-4-8)7-9(2)11;1-6-2-4-7(8)5-3-6;2*1-2-4-5-3-1;1-2(3,4)5;1-2-3;5*1-2;2-1-3;;;;/h3-6H,2,7H2,1H3;2-5H,8H2,1H3;2*1-4H,5H2;1H3;2H,1H3;5*1-2H3;;1H4;;;/q-1;;;;;-1;;;;;;-1;;;;. The van der Waals surface area contributed by atoms with Gasteiger partial charge in [0.15, 0.2) is 0 Å². The molecule has 309 valence electrons. The van der Waals surface area contributed by atoms with E-state index < -0.39 is 0 Å². The fourth-order valence-electron chi connectivity index (χ4n) is 2.29. The van der Waals surface area contributed by atoms with Crippen molar-refractivity contribution in [1.29, 1.82) is 0 Å². The Hall–Kier alpha value is 1.83. The number of alkyl halides is 3. The summed E-state index contributed by atoms with van der Waals surface area (Å²) in [4.78, 5) is 18.8. The number of aryl methyl sites for hydroxylation is 2. The molecule has 3 radical (unpaired) electrons. The second-order valence-electron chi connectivity index (χ2n) is 7.89. The maximum absolute atomic E-state index is 10.6. The zero-order valence-corrected chi connectivity index (χ0v) is 50.8. The van der Waals surface area contributed by atoms with Gasteiger partial charge in [0.05, 0.1) is 0 Å². The Bertz CT molecular complexity index is 986. The molecule has 0 bridgehead atoms. The molecule has 2 aliphatic rings. The zero-order valence-electron chi connectivity index (χ0n) is 35.1. The predicted molar refractivity (Wildman–Crippen MR) is 274 cm³/mol. The number of nitrogens with two attached hydrogens (primary N) is 1. The number of carbonyl (C=O) groups excluding carboxylic acids is 2. The first-order valence-electron chi connectivity index (χ1n) is 17.1. The van der Waals surface area contributed by atoms with Gasteiger partial charge in [0, 0.05) is 102 Å². The maximum atomic E-state index is 10.6. The molecule has 0 fully saturated rings. The van der Waals surface area contributed by atoms with E-state index in [1.54, 1.807) is 0 Å². The summed E-state index contributed by atoms with van der Waals surface area (Å²) in [5, 5.41) is 6.76. The van der Waals surface area contributed by atoms with Crippen molar-refractivity contribution in [1.82, 2.24) is 0 Å². The van der Waals surface area contributed by atoms with Gasteiger partial charge in [0.25, 0.3) is 0 Å². The number of nitrogen functional groups attached to an aromatic ring is 1. The van der Waals surface area contributed by atoms with Crippen LogP contribution in [0.1, 0.15) is 120 Å². The molecule has 4 rings (SSSR count). The van der Waals surface area contributed by atoms with E-state index in [9.17, 15) is 4.79 Å². The van der Waals surface area contributed by atoms with E-state index in [-0.39, 0.29) is 97.2 Å². The summed E-state index contributed by atoms with van der Waals surface area (Å²) in [6, 6.07) is 15.7. The largest absolute Gasteiger partial charge is 0.724 e. The first-order valence-corrected chi connectivity index (χ1v) is 21.6. The number of hydrogen-bond acceptors (Lipinski definition) is 3. The van der Waals surface area contributed by atoms with E-state index in [0.29, 0.717) is 11.9 Å². The molecular formula is C43H73I4N2O2VY2-3. The van der Waals surface area contributed by atoms with Crippen LogP contribution in [-0.2, 0) is 100.0 Å². The van der Waals surface area contributed by atoms with Crippen LogP contribution in [0.4, 0.5) is 5.69 Å². The Morgan fingerprint density at radius 1 is 0.741 bits per heavy atom. The molecule has 4 nitrogen and oxygen atoms in total. The summed E-state index contributed by atoms with van der Waals surface area (Å²) in [6.07, 6.45) is 19.9. The summed E-state index contributed by atoms with van der Waals surface area (Å²) in [5.41, 5.74) is 9.76. The number of anilines is 1. The molecule has 11 heteroatoms. The van der Waals surface area contributed by atoms with Crippen LogP contribution in [0.5, 0.6) is 0 Å². The van der Waals surface area contributed by atoms with Crippen LogP contribution in [0.2, 0.25) is 0 Å². The van der Waals surface area contributed by atoms with Crippen LogP contribution in [0.25, 0.3) is 5.41 Å². The minimum atomic E-state index is -0.0335. The average molecular weight is 1390 g/mol. The molecule has 0 saturated carbocycles. The monoisotopic (exact) mass is 1390 g/mol. The van der Waals surface area contributed by atoms with E-state index in [0.717, 1.165) is 24.1 Å². The number of hydrogen-bond donors (Lipinski definition) is 1. The molecule has 2 aromatic carbocycles. The van der Waals surface area contributed by atoms with Crippen molar-refractivity contribution in [2.45, 2.75) is 123 Å². The first kappa shape index (κ1) is 87.4. The third kappa shape index (κ3) is 117. The Morgan fingerprint density at radius 3 is 1.09 bits per heavy atom. The van der Waals surface area contributed by atoms with Crippen molar-refractivity contribution < 1.29 is 93.6 Å². The third-order valence-corrected chi connectivity index (χ3v) is 3.91. The molecule has 2 aromatic rings. The Balaban J connectivity index is -0.0000000374. The van der Waals surface area contributed by atoms with Crippen molar-refractivity contribution in [2.75, 3.05) is 5.73 Å². The summed E-state index contributed by atoms with van der Waals surface area (Å²) in [7, 11) is 0. The smallest absolute Gasteiger partial charge is 0.121 e. The molecule has 0 aromatic heterocycles. The predicted octanol–water partition coefficient (Wildman–Crippen LogP) is 16.7. The molecule has 0 saturated heterocycles. The van der Waals surface area contributed by atoms with Crippen LogP contribution in [0.3, 0.4) is 0 Å². The summed E-state index contributed by atoms with van der Waals surface area (Å²) in [6.45, 7) is 31.5. The second-order valence-corrected chi connectivity index (χ2v) is 21.8. The van der Waals surface area contributed by atoms with Gasteiger partial charge in [-0.15, -0.1) is 0 Å². The van der Waals surface area contributed by atoms with Crippen molar-refractivity contribution in [3.8, 4) is 0 Å². The van der Waals surface area contributed by atoms with Gasteiger partial charge >= 0.3 is 0 Å². The van der Waals surface area contributed by atoms with Crippen LogP contribution in [0, 0.1) is 25.2 Å². The van der Waals surface area contributed by atoms with Crippen molar-refractivity contribution in [3.05, 3.63) is 131 Å². The molecule has 0 amide bonds. The summed E-state index contributed by atoms with van der Waals surface area (Å²) < 4.78 is 2.38. The van der Waals surface area contributed by atoms with Gasteiger partial charge in [-0.1, -0.05) is 241 Å². The Morgan fingerprint density at radius 2 is 0.944 bits per heavy atom. The number of rotatable bonds is 2. The van der Waals surface area contributed by atoms with Gasteiger partial charge in [-0.2, -0.15) is 6.92 Å². The molecule has 54 heavy (non-hydrogen) atoms. The van der Waals surface area contributed by atoms with Crippen LogP contribution in [0.15, 0.2) is 97.1 Å². The third-order valence-electron chi connectivity index (χ3n) is 3.91. The first-order chi connectivity index (χ1) is 23.8. The number of Topliss-reactive ketones (excluding diaryl/α,β-unsaturated/α-hetero) is 1. The minimum absolute atomic E-state index is 0. The fraction of sp³-hybridized carbons (Fsp3) is 0.442. The number of benzene rings is 2. The quantitative estimate of drug-likeness (QED) is 0.0812. The van der Waals surface area contributed by atoms with Crippen LogP contribution < -0.4 is 5.73 Å². The van der Waals surface area contributed by atoms with E-state index in [4.69, 9.17) is 15.9 Å². The van der Waals surface area contributed by atoms with Crippen LogP contribution in [-0.4, -0.2) is 11.3 Å². The number of ketones is 1. The van der Waals surface area contributed by atoms with Gasteiger partial charge in [-0.3, -0.25) is 9.22 Å². The molecule has 0 spiro atoms. The number of carbonyl (C=O) groups is 1. The van der Waals surface area contributed by atoms with Gasteiger partial charge in [0.2, 0.25) is 0 Å². The maximum Gasteiger partial charge on any atom is 0.121 e. The minimum Gasteiger partial charge on any atom is -0.724 e. The van der Waals surface area contributed by atoms with Crippen molar-refractivity contribution in [2.24, 2.45) is 0 Å². The normalized spacial score (nSPS) is 8.70. The topological polar surface area (TPSA) is 82.5 Å². The van der Waals surface area contributed by atoms with Gasteiger partial charge in [-0.25, -0.2) is 0 Å². The van der Waals surface area contributed by atoms with E-state index in [2.05, 4.69) is 153 Å². The van der Waals surface area contributed by atoms with Crippen LogP contribution >= 0.6 is 90.4 Å². The van der Waals surface area contributed by atoms with Crippen molar-refractivity contribution in [3.63, 3.8) is 0 Å². The summed E-state index contributed by atoms with van der Waals surface area (Å²) in [5.74, 6) is -0.0335. The molecule has 0 heterocycles. The molecule has 2 N–H and O–H groups in total. The van der Waals surface area contributed by atoms with Gasteiger partial charge in [0.1, 0.15) is -0.565 Å².